The van der Waals surface area contributed by atoms with E-state index in [1.807, 2.05) is 29.3 Å². The van der Waals surface area contributed by atoms with Gasteiger partial charge in [-0.05, 0) is 30.5 Å². The highest BCUT2D eigenvalue weighted by atomic mass is 15.3. The first-order valence-corrected chi connectivity index (χ1v) is 5.97. The van der Waals surface area contributed by atoms with Gasteiger partial charge in [0.1, 0.15) is 0 Å². The van der Waals surface area contributed by atoms with Crippen molar-refractivity contribution in [2.24, 2.45) is 5.73 Å². The normalized spacial score (nSPS) is 12.6. The summed E-state index contributed by atoms with van der Waals surface area (Å²) < 4.78 is 1.89. The van der Waals surface area contributed by atoms with Gasteiger partial charge < -0.3 is 5.73 Å². The molecule has 90 valence electrons. The van der Waals surface area contributed by atoms with Crippen LogP contribution in [0.2, 0.25) is 0 Å². The molecule has 2 heterocycles. The quantitative estimate of drug-likeness (QED) is 0.872. The summed E-state index contributed by atoms with van der Waals surface area (Å²) in [5, 5.41) is 4.26. The molecule has 4 heteroatoms. The predicted octanol–water partition coefficient (Wildman–Crippen LogP) is 1.91. The van der Waals surface area contributed by atoms with Crippen molar-refractivity contribution in [3.63, 3.8) is 0 Å². The molecular weight excluding hydrogens is 212 g/mol. The van der Waals surface area contributed by atoms with Gasteiger partial charge in [0.25, 0.3) is 0 Å². The zero-order valence-electron chi connectivity index (χ0n) is 10.3. The van der Waals surface area contributed by atoms with Gasteiger partial charge in [-0.2, -0.15) is 5.10 Å². The Kier molecular flexibility index (Phi) is 3.54. The zero-order valence-corrected chi connectivity index (χ0v) is 10.3. The van der Waals surface area contributed by atoms with E-state index in [1.165, 1.54) is 5.56 Å². The lowest BCUT2D eigenvalue weighted by Gasteiger charge is -2.13. The molecule has 2 aromatic heterocycles. The summed E-state index contributed by atoms with van der Waals surface area (Å²) in [6.07, 6.45) is 8.47. The molecule has 4 nitrogen and oxygen atoms in total. The van der Waals surface area contributed by atoms with Crippen LogP contribution in [0.1, 0.15) is 36.6 Å². The molecule has 17 heavy (non-hydrogen) atoms. The standard InChI is InChI=1S/C13H18N4/c1-3-10-7-15-6-5-12(10)13(14)11-8-16-17(4-2)9-11/h5-9,13H,3-4,14H2,1-2H3. The van der Waals surface area contributed by atoms with E-state index in [4.69, 9.17) is 5.73 Å². The number of nitrogens with two attached hydrogens (primary N) is 1. The molecular formula is C13H18N4. The van der Waals surface area contributed by atoms with E-state index in [0.29, 0.717) is 0 Å². The topological polar surface area (TPSA) is 56.7 Å². The molecule has 1 unspecified atom stereocenters. The van der Waals surface area contributed by atoms with Gasteiger partial charge in [0.2, 0.25) is 0 Å². The Hall–Kier alpha value is -1.68. The summed E-state index contributed by atoms with van der Waals surface area (Å²) in [5.74, 6) is 0. The summed E-state index contributed by atoms with van der Waals surface area (Å²) in [6.45, 7) is 5.04. The van der Waals surface area contributed by atoms with Crippen LogP contribution in [0.3, 0.4) is 0 Å². The highest BCUT2D eigenvalue weighted by Crippen LogP contribution is 2.22. The number of rotatable bonds is 4. The number of pyridine rings is 1. The Morgan fingerprint density at radius 2 is 2.18 bits per heavy atom. The third kappa shape index (κ3) is 2.36. The van der Waals surface area contributed by atoms with Crippen molar-refractivity contribution in [3.05, 3.63) is 47.5 Å². The van der Waals surface area contributed by atoms with Crippen molar-refractivity contribution < 1.29 is 0 Å². The van der Waals surface area contributed by atoms with Crippen molar-refractivity contribution in [1.29, 1.82) is 0 Å². The minimum Gasteiger partial charge on any atom is -0.320 e. The van der Waals surface area contributed by atoms with E-state index in [-0.39, 0.29) is 6.04 Å². The minimum absolute atomic E-state index is 0.117. The number of hydrogen-bond acceptors (Lipinski definition) is 3. The van der Waals surface area contributed by atoms with Crippen LogP contribution in [-0.2, 0) is 13.0 Å². The monoisotopic (exact) mass is 230 g/mol. The van der Waals surface area contributed by atoms with Crippen LogP contribution in [-0.4, -0.2) is 14.8 Å². The molecule has 0 bridgehead atoms. The maximum absolute atomic E-state index is 6.28. The lowest BCUT2D eigenvalue weighted by Crippen LogP contribution is -2.13. The molecule has 0 radical (unpaired) electrons. The largest absolute Gasteiger partial charge is 0.320 e. The molecule has 0 fully saturated rings. The van der Waals surface area contributed by atoms with Crippen LogP contribution in [0.25, 0.3) is 0 Å². The van der Waals surface area contributed by atoms with E-state index in [2.05, 4.69) is 23.9 Å². The lowest BCUT2D eigenvalue weighted by atomic mass is 9.98. The SMILES string of the molecule is CCc1cnccc1C(N)c1cnn(CC)c1. The number of aromatic nitrogens is 3. The molecule has 0 aliphatic heterocycles. The van der Waals surface area contributed by atoms with Crippen molar-refractivity contribution in [2.45, 2.75) is 32.9 Å². The Morgan fingerprint density at radius 3 is 2.82 bits per heavy atom. The number of nitrogens with zero attached hydrogens (tertiary/aromatic N) is 3. The first-order valence-electron chi connectivity index (χ1n) is 5.97. The third-order valence-corrected chi connectivity index (χ3v) is 2.99. The molecule has 0 aliphatic rings. The van der Waals surface area contributed by atoms with Gasteiger partial charge in [-0.25, -0.2) is 0 Å². The average molecular weight is 230 g/mol. The van der Waals surface area contributed by atoms with Crippen LogP contribution in [0.15, 0.2) is 30.9 Å². The molecule has 0 saturated carbocycles. The van der Waals surface area contributed by atoms with Gasteiger partial charge in [-0.1, -0.05) is 6.92 Å². The molecule has 2 aromatic rings. The van der Waals surface area contributed by atoms with E-state index in [9.17, 15) is 0 Å². The summed E-state index contributed by atoms with van der Waals surface area (Å²) in [4.78, 5) is 4.14. The van der Waals surface area contributed by atoms with Gasteiger partial charge in [0, 0.05) is 30.7 Å². The molecule has 0 aromatic carbocycles. The van der Waals surface area contributed by atoms with Gasteiger partial charge in [0.15, 0.2) is 0 Å². The minimum atomic E-state index is -0.117. The highest BCUT2D eigenvalue weighted by molar-refractivity contribution is 5.33. The van der Waals surface area contributed by atoms with E-state index in [1.54, 1.807) is 6.20 Å². The summed E-state index contributed by atoms with van der Waals surface area (Å²) in [6, 6.07) is 1.88. The van der Waals surface area contributed by atoms with Crippen molar-refractivity contribution in [2.75, 3.05) is 0 Å². The molecule has 0 saturated heterocycles. The molecule has 1 atom stereocenters. The van der Waals surface area contributed by atoms with Gasteiger partial charge >= 0.3 is 0 Å². The summed E-state index contributed by atoms with van der Waals surface area (Å²) in [7, 11) is 0. The van der Waals surface area contributed by atoms with Crippen LogP contribution in [0.5, 0.6) is 0 Å². The van der Waals surface area contributed by atoms with Crippen LogP contribution < -0.4 is 5.73 Å². The van der Waals surface area contributed by atoms with Crippen LogP contribution >= 0.6 is 0 Å². The Balaban J connectivity index is 2.32. The van der Waals surface area contributed by atoms with Gasteiger partial charge in [-0.3, -0.25) is 9.67 Å². The first kappa shape index (κ1) is 11.8. The molecule has 0 spiro atoms. The molecule has 2 N–H and O–H groups in total. The predicted molar refractivity (Wildman–Crippen MR) is 67.5 cm³/mol. The maximum atomic E-state index is 6.28. The fourth-order valence-electron chi connectivity index (χ4n) is 1.93. The zero-order chi connectivity index (χ0) is 12.3. The number of hydrogen-bond donors (Lipinski definition) is 1. The van der Waals surface area contributed by atoms with E-state index >= 15 is 0 Å². The summed E-state index contributed by atoms with van der Waals surface area (Å²) >= 11 is 0. The maximum Gasteiger partial charge on any atom is 0.0586 e. The summed E-state index contributed by atoms with van der Waals surface area (Å²) in [5.41, 5.74) is 9.66. The Labute approximate surface area is 101 Å². The molecule has 0 aliphatic carbocycles. The molecule has 2 rings (SSSR count). The smallest absolute Gasteiger partial charge is 0.0586 e. The highest BCUT2D eigenvalue weighted by Gasteiger charge is 2.13. The van der Waals surface area contributed by atoms with Crippen molar-refractivity contribution in [3.8, 4) is 0 Å². The molecule has 0 amide bonds. The second kappa shape index (κ2) is 5.10. The van der Waals surface area contributed by atoms with Crippen LogP contribution in [0, 0.1) is 0 Å². The lowest BCUT2D eigenvalue weighted by molar-refractivity contribution is 0.658. The van der Waals surface area contributed by atoms with Crippen molar-refractivity contribution in [1.82, 2.24) is 14.8 Å². The van der Waals surface area contributed by atoms with E-state index in [0.717, 1.165) is 24.1 Å². The second-order valence-electron chi connectivity index (χ2n) is 4.04. The van der Waals surface area contributed by atoms with Crippen molar-refractivity contribution >= 4 is 0 Å². The fourth-order valence-corrected chi connectivity index (χ4v) is 1.93. The van der Waals surface area contributed by atoms with Crippen LogP contribution in [0.4, 0.5) is 0 Å². The van der Waals surface area contributed by atoms with Gasteiger partial charge in [0.05, 0.1) is 12.2 Å². The first-order chi connectivity index (χ1) is 8.26. The Morgan fingerprint density at radius 1 is 1.35 bits per heavy atom. The average Bonchev–Trinajstić information content (AvgIpc) is 2.86. The van der Waals surface area contributed by atoms with E-state index < -0.39 is 0 Å². The number of aryl methyl sites for hydroxylation is 2. The fraction of sp³-hybridized carbons (Fsp3) is 0.385. The second-order valence-corrected chi connectivity index (χ2v) is 4.04. The Bertz CT molecular complexity index is 490. The third-order valence-electron chi connectivity index (χ3n) is 2.99. The van der Waals surface area contributed by atoms with Gasteiger partial charge in [-0.15, -0.1) is 0 Å².